The zero-order valence-corrected chi connectivity index (χ0v) is 20.0. The van der Waals surface area contributed by atoms with Crippen molar-refractivity contribution in [3.63, 3.8) is 0 Å². The van der Waals surface area contributed by atoms with Crippen molar-refractivity contribution in [1.29, 1.82) is 0 Å². The summed E-state index contributed by atoms with van der Waals surface area (Å²) in [7, 11) is 0. The molecular weight excluding hydrogens is 412 g/mol. The molecule has 1 atom stereocenters. The number of allylic oxidation sites excluding steroid dienone is 9. The van der Waals surface area contributed by atoms with E-state index in [1.165, 1.54) is 29.6 Å². The van der Waals surface area contributed by atoms with Crippen molar-refractivity contribution in [1.82, 2.24) is 24.7 Å². The van der Waals surface area contributed by atoms with E-state index in [2.05, 4.69) is 69.9 Å². The van der Waals surface area contributed by atoms with Crippen LogP contribution < -0.4 is 5.32 Å². The van der Waals surface area contributed by atoms with Gasteiger partial charge in [0.2, 0.25) is 5.95 Å². The van der Waals surface area contributed by atoms with Gasteiger partial charge in [-0.05, 0) is 55.7 Å². The van der Waals surface area contributed by atoms with Gasteiger partial charge in [0, 0.05) is 18.5 Å². The van der Waals surface area contributed by atoms with Crippen LogP contribution in [0.3, 0.4) is 0 Å². The van der Waals surface area contributed by atoms with Crippen LogP contribution in [0.2, 0.25) is 0 Å². The molecule has 0 spiro atoms. The van der Waals surface area contributed by atoms with E-state index in [4.69, 9.17) is 0 Å². The zero-order chi connectivity index (χ0) is 23.8. The van der Waals surface area contributed by atoms with Crippen molar-refractivity contribution in [2.75, 3.05) is 5.32 Å². The first-order valence-corrected chi connectivity index (χ1v) is 11.1. The molecule has 1 unspecified atom stereocenters. The molecule has 0 saturated carbocycles. The summed E-state index contributed by atoms with van der Waals surface area (Å²) in [5, 5.41) is 10.0. The van der Waals surface area contributed by atoms with E-state index >= 15 is 0 Å². The normalized spacial score (nSPS) is 19.5. The summed E-state index contributed by atoms with van der Waals surface area (Å²) < 4.78 is 2.20. The molecule has 0 bridgehead atoms. The minimum absolute atomic E-state index is 0.137. The number of nitrogens with one attached hydrogen (secondary N) is 1. The molecule has 33 heavy (non-hydrogen) atoms. The highest BCUT2D eigenvalue weighted by atomic mass is 16.1. The van der Waals surface area contributed by atoms with Gasteiger partial charge >= 0.3 is 0 Å². The molecule has 172 valence electrons. The SMILES string of the molecule is CC1=C(/C=C/C(C)=C/C=C/C(C)=C/C(=O)Nc2nccnn2)C(C)(C)CCC1n1ccnc1. The molecule has 2 aromatic heterocycles. The van der Waals surface area contributed by atoms with Gasteiger partial charge in [0.25, 0.3) is 5.91 Å². The van der Waals surface area contributed by atoms with Crippen molar-refractivity contribution in [3.8, 4) is 0 Å². The van der Waals surface area contributed by atoms with Crippen LogP contribution in [0, 0.1) is 5.41 Å². The third kappa shape index (κ3) is 6.68. The second kappa shape index (κ2) is 10.8. The van der Waals surface area contributed by atoms with E-state index in [-0.39, 0.29) is 17.3 Å². The van der Waals surface area contributed by atoms with Crippen LogP contribution in [0.1, 0.15) is 53.5 Å². The van der Waals surface area contributed by atoms with Gasteiger partial charge in [-0.15, -0.1) is 5.10 Å². The number of nitrogens with zero attached hydrogens (tertiary/aromatic N) is 5. The van der Waals surface area contributed by atoms with Crippen LogP contribution in [-0.4, -0.2) is 30.6 Å². The maximum absolute atomic E-state index is 12.0. The average molecular weight is 445 g/mol. The largest absolute Gasteiger partial charge is 0.330 e. The van der Waals surface area contributed by atoms with Crippen molar-refractivity contribution in [2.45, 2.75) is 53.5 Å². The van der Waals surface area contributed by atoms with Crippen LogP contribution in [0.4, 0.5) is 5.95 Å². The number of hydrogen-bond acceptors (Lipinski definition) is 5. The minimum atomic E-state index is -0.292. The van der Waals surface area contributed by atoms with Gasteiger partial charge in [0.05, 0.1) is 24.8 Å². The molecule has 0 aromatic carbocycles. The fraction of sp³-hybridized carbons (Fsp3) is 0.346. The number of carbonyl (C=O) groups excluding carboxylic acids is 1. The van der Waals surface area contributed by atoms with Crippen molar-refractivity contribution < 1.29 is 4.79 Å². The molecule has 0 aliphatic heterocycles. The molecule has 2 aromatic rings. The summed E-state index contributed by atoms with van der Waals surface area (Å²) in [5.74, 6) is -0.109. The molecule has 7 heteroatoms. The van der Waals surface area contributed by atoms with E-state index in [0.29, 0.717) is 6.04 Å². The van der Waals surface area contributed by atoms with E-state index in [0.717, 1.165) is 24.0 Å². The lowest BCUT2D eigenvalue weighted by molar-refractivity contribution is -0.112. The molecule has 0 radical (unpaired) electrons. The Balaban J connectivity index is 1.66. The predicted molar refractivity (Wildman–Crippen MR) is 131 cm³/mol. The van der Waals surface area contributed by atoms with Crippen LogP contribution >= 0.6 is 0 Å². The average Bonchev–Trinajstić information content (AvgIpc) is 3.28. The Labute approximate surface area is 195 Å². The number of aromatic nitrogens is 5. The fourth-order valence-electron chi connectivity index (χ4n) is 4.07. The first kappa shape index (κ1) is 24.0. The summed E-state index contributed by atoms with van der Waals surface area (Å²) in [4.78, 5) is 20.2. The van der Waals surface area contributed by atoms with Crippen LogP contribution in [0.5, 0.6) is 0 Å². The minimum Gasteiger partial charge on any atom is -0.330 e. The second-order valence-electron chi connectivity index (χ2n) is 8.99. The number of hydrogen-bond donors (Lipinski definition) is 1. The van der Waals surface area contributed by atoms with Gasteiger partial charge in [0.1, 0.15) is 0 Å². The topological polar surface area (TPSA) is 85.6 Å². The highest BCUT2D eigenvalue weighted by molar-refractivity contribution is 5.98. The summed E-state index contributed by atoms with van der Waals surface area (Å²) in [6.45, 7) is 10.8. The van der Waals surface area contributed by atoms with Crippen LogP contribution in [-0.2, 0) is 4.79 Å². The Morgan fingerprint density at radius 3 is 2.70 bits per heavy atom. The molecule has 3 rings (SSSR count). The van der Waals surface area contributed by atoms with E-state index < -0.39 is 0 Å². The maximum atomic E-state index is 12.0. The smallest absolute Gasteiger partial charge is 0.251 e. The Bertz CT molecular complexity index is 1100. The highest BCUT2D eigenvalue weighted by Crippen LogP contribution is 2.45. The molecule has 1 N–H and O–H groups in total. The molecular formula is C26H32N6O. The summed E-state index contributed by atoms with van der Waals surface area (Å²) in [5.41, 5.74) is 4.87. The summed E-state index contributed by atoms with van der Waals surface area (Å²) in [6, 6.07) is 0.361. The second-order valence-corrected chi connectivity index (χ2v) is 8.99. The quantitative estimate of drug-likeness (QED) is 0.457. The number of anilines is 1. The van der Waals surface area contributed by atoms with Gasteiger partial charge in [-0.3, -0.25) is 10.1 Å². The molecule has 2 heterocycles. The highest BCUT2D eigenvalue weighted by Gasteiger charge is 2.32. The predicted octanol–water partition coefficient (Wildman–Crippen LogP) is 5.39. The van der Waals surface area contributed by atoms with Gasteiger partial charge in [-0.25, -0.2) is 9.97 Å². The van der Waals surface area contributed by atoms with E-state index in [9.17, 15) is 4.79 Å². The maximum Gasteiger partial charge on any atom is 0.251 e. The number of carbonyl (C=O) groups is 1. The van der Waals surface area contributed by atoms with Crippen molar-refractivity contribution >= 4 is 11.9 Å². The first-order chi connectivity index (χ1) is 15.8. The molecule has 1 aliphatic rings. The monoisotopic (exact) mass is 444 g/mol. The lowest BCUT2D eigenvalue weighted by Gasteiger charge is -2.37. The lowest BCUT2D eigenvalue weighted by Crippen LogP contribution is -2.25. The van der Waals surface area contributed by atoms with Gasteiger partial charge < -0.3 is 4.57 Å². The Kier molecular flexibility index (Phi) is 7.87. The Morgan fingerprint density at radius 2 is 2.00 bits per heavy atom. The standard InChI is InChI=1S/C26H32N6O/c1-19(7-6-8-20(2)17-24(33)30-25-28-13-14-29-31-25)9-10-22-21(3)23(11-12-26(22,4)5)32-16-15-27-18-32/h6-10,13-18,23H,11-12H2,1-5H3,(H,28,30,31,33)/b8-6+,10-9+,19-7+,20-17+. The number of amides is 1. The summed E-state index contributed by atoms with van der Waals surface area (Å²) in [6.07, 6.45) is 22.8. The Hall–Kier alpha value is -3.61. The molecule has 0 fully saturated rings. The third-order valence-corrected chi connectivity index (χ3v) is 5.89. The zero-order valence-electron chi connectivity index (χ0n) is 20.0. The molecule has 0 saturated heterocycles. The Morgan fingerprint density at radius 1 is 1.18 bits per heavy atom. The fourth-order valence-corrected chi connectivity index (χ4v) is 4.07. The van der Waals surface area contributed by atoms with E-state index in [1.807, 2.05) is 43.9 Å². The van der Waals surface area contributed by atoms with Crippen LogP contribution in [0.25, 0.3) is 0 Å². The third-order valence-electron chi connectivity index (χ3n) is 5.89. The molecule has 1 aliphatic carbocycles. The molecule has 7 nitrogen and oxygen atoms in total. The van der Waals surface area contributed by atoms with Gasteiger partial charge in [-0.2, -0.15) is 5.10 Å². The van der Waals surface area contributed by atoms with Gasteiger partial charge in [-0.1, -0.05) is 49.8 Å². The van der Waals surface area contributed by atoms with Crippen molar-refractivity contribution in [2.24, 2.45) is 5.41 Å². The lowest BCUT2D eigenvalue weighted by atomic mass is 9.71. The van der Waals surface area contributed by atoms with E-state index in [1.54, 1.807) is 0 Å². The molecule has 1 amide bonds. The summed E-state index contributed by atoms with van der Waals surface area (Å²) >= 11 is 0. The number of imidazole rings is 1. The van der Waals surface area contributed by atoms with Gasteiger partial charge in [0.15, 0.2) is 0 Å². The number of rotatable bonds is 7. The first-order valence-electron chi connectivity index (χ1n) is 11.1. The van der Waals surface area contributed by atoms with Crippen molar-refractivity contribution in [3.05, 3.63) is 89.9 Å². The van der Waals surface area contributed by atoms with Crippen LogP contribution in [0.15, 0.2) is 89.9 Å².